The van der Waals surface area contributed by atoms with E-state index in [4.69, 9.17) is 4.74 Å². The molecule has 1 heterocycles. The Labute approximate surface area is 146 Å². The van der Waals surface area contributed by atoms with Gasteiger partial charge >= 0.3 is 0 Å². The van der Waals surface area contributed by atoms with Crippen LogP contribution in [0.4, 0.5) is 5.69 Å². The van der Waals surface area contributed by atoms with Crippen LogP contribution in [0.5, 0.6) is 5.75 Å². The zero-order valence-electron chi connectivity index (χ0n) is 14.4. The first-order valence-electron chi connectivity index (χ1n) is 8.04. The molecule has 0 aliphatic carbocycles. The van der Waals surface area contributed by atoms with Gasteiger partial charge in [-0.25, -0.2) is 0 Å². The predicted molar refractivity (Wildman–Crippen MR) is 94.5 cm³/mol. The highest BCUT2D eigenvalue weighted by atomic mass is 16.5. The van der Waals surface area contributed by atoms with E-state index in [1.54, 1.807) is 42.5 Å². The largest absolute Gasteiger partial charge is 0.487 e. The molecule has 0 spiro atoms. The molecule has 0 bridgehead atoms. The Balaban J connectivity index is 1.89. The van der Waals surface area contributed by atoms with Crippen LogP contribution in [0, 0.1) is 0 Å². The first-order valence-corrected chi connectivity index (χ1v) is 8.04. The van der Waals surface area contributed by atoms with Crippen molar-refractivity contribution >= 4 is 23.2 Å². The van der Waals surface area contributed by atoms with Crippen molar-refractivity contribution in [2.24, 2.45) is 0 Å². The Bertz CT molecular complexity index is 883. The molecule has 1 amide bonds. The van der Waals surface area contributed by atoms with Crippen molar-refractivity contribution in [3.8, 4) is 5.75 Å². The summed E-state index contributed by atoms with van der Waals surface area (Å²) in [6.45, 7) is 5.15. The van der Waals surface area contributed by atoms with Gasteiger partial charge in [0.2, 0.25) is 0 Å². The average Bonchev–Trinajstić information content (AvgIpc) is 2.53. The fraction of sp³-hybridized carbons (Fsp3) is 0.250. The lowest BCUT2D eigenvalue weighted by molar-refractivity contribution is 0.0620. The van der Waals surface area contributed by atoms with E-state index in [-0.39, 0.29) is 23.9 Å². The lowest BCUT2D eigenvalue weighted by atomic mass is 9.92. The molecule has 2 aromatic rings. The van der Waals surface area contributed by atoms with E-state index >= 15 is 0 Å². The highest BCUT2D eigenvalue weighted by Crippen LogP contribution is 2.33. The molecule has 2 aromatic carbocycles. The minimum atomic E-state index is -0.547. The lowest BCUT2D eigenvalue weighted by Gasteiger charge is -2.31. The molecular weight excluding hydrogens is 318 g/mol. The summed E-state index contributed by atoms with van der Waals surface area (Å²) in [5, 5.41) is 2.73. The van der Waals surface area contributed by atoms with Crippen LogP contribution in [-0.4, -0.2) is 23.1 Å². The van der Waals surface area contributed by atoms with Crippen LogP contribution in [0.3, 0.4) is 0 Å². The number of fused-ring (bicyclic) bond motifs is 1. The second-order valence-corrected chi connectivity index (χ2v) is 6.73. The van der Waals surface area contributed by atoms with Crippen molar-refractivity contribution in [3.05, 3.63) is 59.2 Å². The van der Waals surface area contributed by atoms with Crippen molar-refractivity contribution in [3.63, 3.8) is 0 Å². The van der Waals surface area contributed by atoms with Crippen molar-refractivity contribution in [1.82, 2.24) is 0 Å². The van der Waals surface area contributed by atoms with Gasteiger partial charge in [-0.2, -0.15) is 0 Å². The molecule has 0 unspecified atom stereocenters. The molecule has 0 saturated heterocycles. The summed E-state index contributed by atoms with van der Waals surface area (Å²) in [5.74, 6) is -0.0757. The molecule has 128 valence electrons. The maximum absolute atomic E-state index is 12.5. The summed E-state index contributed by atoms with van der Waals surface area (Å²) in [6, 6.07) is 11.6. The summed E-state index contributed by atoms with van der Waals surface area (Å²) in [4.78, 5) is 36.5. The second kappa shape index (κ2) is 6.16. The Hall–Kier alpha value is -2.95. The minimum Gasteiger partial charge on any atom is -0.487 e. The number of carbonyl (C=O) groups excluding carboxylic acids is 3. The predicted octanol–water partition coefficient (Wildman–Crippen LogP) is 3.89. The maximum atomic E-state index is 12.5. The molecule has 0 radical (unpaired) electrons. The van der Waals surface area contributed by atoms with Crippen LogP contribution in [-0.2, 0) is 0 Å². The fourth-order valence-electron chi connectivity index (χ4n) is 2.89. The van der Waals surface area contributed by atoms with Crippen LogP contribution in [0.1, 0.15) is 58.3 Å². The Morgan fingerprint density at radius 3 is 2.56 bits per heavy atom. The number of anilines is 1. The van der Waals surface area contributed by atoms with Gasteiger partial charge in [0.25, 0.3) is 5.91 Å². The summed E-state index contributed by atoms with van der Waals surface area (Å²) >= 11 is 0. The van der Waals surface area contributed by atoms with E-state index in [0.717, 1.165) is 0 Å². The molecule has 0 fully saturated rings. The monoisotopic (exact) mass is 337 g/mol. The van der Waals surface area contributed by atoms with Gasteiger partial charge in [0.1, 0.15) is 11.4 Å². The molecule has 25 heavy (non-hydrogen) atoms. The summed E-state index contributed by atoms with van der Waals surface area (Å²) in [7, 11) is 0. The Kier molecular flexibility index (Phi) is 4.17. The van der Waals surface area contributed by atoms with Crippen molar-refractivity contribution in [2.75, 3.05) is 5.32 Å². The van der Waals surface area contributed by atoms with Gasteiger partial charge in [0.15, 0.2) is 11.6 Å². The van der Waals surface area contributed by atoms with Crippen molar-refractivity contribution < 1.29 is 19.1 Å². The van der Waals surface area contributed by atoms with Gasteiger partial charge in [-0.15, -0.1) is 0 Å². The van der Waals surface area contributed by atoms with Gasteiger partial charge in [0, 0.05) is 11.1 Å². The number of hydrogen-bond donors (Lipinski definition) is 1. The van der Waals surface area contributed by atoms with Gasteiger partial charge < -0.3 is 10.1 Å². The second-order valence-electron chi connectivity index (χ2n) is 6.73. The van der Waals surface area contributed by atoms with Crippen LogP contribution in [0.2, 0.25) is 0 Å². The Morgan fingerprint density at radius 1 is 1.12 bits per heavy atom. The molecular formula is C20H19NO4. The van der Waals surface area contributed by atoms with Gasteiger partial charge in [-0.05, 0) is 51.1 Å². The van der Waals surface area contributed by atoms with Gasteiger partial charge in [0.05, 0.1) is 17.7 Å². The molecule has 3 rings (SSSR count). The maximum Gasteiger partial charge on any atom is 0.255 e. The number of ketones is 2. The molecule has 1 N–H and O–H groups in total. The fourth-order valence-corrected chi connectivity index (χ4v) is 2.89. The van der Waals surface area contributed by atoms with Crippen LogP contribution < -0.4 is 10.1 Å². The topological polar surface area (TPSA) is 72.5 Å². The SMILES string of the molecule is CC(=O)c1ccccc1NC(=O)c1ccc2c(c1)C(=O)CC(C)(C)O2. The highest BCUT2D eigenvalue weighted by molar-refractivity contribution is 6.10. The highest BCUT2D eigenvalue weighted by Gasteiger charge is 2.32. The summed E-state index contributed by atoms with van der Waals surface area (Å²) in [6.07, 6.45) is 0.262. The smallest absolute Gasteiger partial charge is 0.255 e. The van der Waals surface area contributed by atoms with Crippen molar-refractivity contribution in [1.29, 1.82) is 0 Å². The summed E-state index contributed by atoms with van der Waals surface area (Å²) in [5.41, 5.74) is 1.09. The average molecular weight is 337 g/mol. The molecule has 0 aromatic heterocycles. The molecule has 0 atom stereocenters. The van der Waals surface area contributed by atoms with Gasteiger partial charge in [-0.3, -0.25) is 14.4 Å². The number of Topliss-reactive ketones (excluding diaryl/α,β-unsaturated/α-hetero) is 2. The molecule has 5 nitrogen and oxygen atoms in total. The number of para-hydroxylation sites is 1. The summed E-state index contributed by atoms with van der Waals surface area (Å²) < 4.78 is 5.80. The van der Waals surface area contributed by atoms with E-state index in [0.29, 0.717) is 28.1 Å². The zero-order chi connectivity index (χ0) is 18.2. The first-order chi connectivity index (χ1) is 11.8. The normalized spacial score (nSPS) is 15.1. The van der Waals surface area contributed by atoms with Gasteiger partial charge in [-0.1, -0.05) is 12.1 Å². The van der Waals surface area contributed by atoms with Crippen LogP contribution in [0.25, 0.3) is 0 Å². The van der Waals surface area contributed by atoms with Crippen LogP contribution in [0.15, 0.2) is 42.5 Å². The third-order valence-electron chi connectivity index (χ3n) is 4.07. The molecule has 1 aliphatic rings. The zero-order valence-corrected chi connectivity index (χ0v) is 14.4. The first kappa shape index (κ1) is 16.9. The number of rotatable bonds is 3. The number of carbonyl (C=O) groups is 3. The number of ether oxygens (including phenoxy) is 1. The quantitative estimate of drug-likeness (QED) is 0.863. The minimum absolute atomic E-state index is 0.0509. The lowest BCUT2D eigenvalue weighted by Crippen LogP contribution is -2.36. The Morgan fingerprint density at radius 2 is 1.84 bits per heavy atom. The van der Waals surface area contributed by atoms with E-state index in [1.807, 2.05) is 13.8 Å². The molecule has 1 aliphatic heterocycles. The molecule has 0 saturated carbocycles. The van der Waals surface area contributed by atoms with E-state index < -0.39 is 5.60 Å². The third kappa shape index (κ3) is 3.45. The number of amides is 1. The standard InChI is InChI=1S/C20H19NO4/c1-12(22)14-6-4-5-7-16(14)21-19(24)13-8-9-18-15(10-13)17(23)11-20(2,3)25-18/h4-10H,11H2,1-3H3,(H,21,24). The van der Waals surface area contributed by atoms with E-state index in [1.165, 1.54) is 6.92 Å². The van der Waals surface area contributed by atoms with Crippen LogP contribution >= 0.6 is 0 Å². The molecule has 5 heteroatoms. The van der Waals surface area contributed by atoms with Crippen molar-refractivity contribution in [2.45, 2.75) is 32.8 Å². The number of nitrogens with one attached hydrogen (secondary N) is 1. The number of benzene rings is 2. The van der Waals surface area contributed by atoms with E-state index in [2.05, 4.69) is 5.32 Å². The third-order valence-corrected chi connectivity index (χ3v) is 4.07. The number of hydrogen-bond acceptors (Lipinski definition) is 4. The van der Waals surface area contributed by atoms with E-state index in [9.17, 15) is 14.4 Å².